The molecule has 2 N–H and O–H groups in total. The molecule has 1 aliphatic rings. The van der Waals surface area contributed by atoms with Crippen molar-refractivity contribution in [3.8, 4) is 0 Å². The number of hydrogen-bond acceptors (Lipinski definition) is 6. The van der Waals surface area contributed by atoms with Gasteiger partial charge in [-0.15, -0.1) is 0 Å². The van der Waals surface area contributed by atoms with Gasteiger partial charge in [0.05, 0.1) is 5.39 Å². The van der Waals surface area contributed by atoms with E-state index >= 15 is 0 Å². The maximum Gasteiger partial charge on any atom is 0.359 e. The van der Waals surface area contributed by atoms with Crippen molar-refractivity contribution in [3.63, 3.8) is 0 Å². The van der Waals surface area contributed by atoms with Gasteiger partial charge in [0.2, 0.25) is 0 Å². The summed E-state index contributed by atoms with van der Waals surface area (Å²) in [4.78, 5) is 48.5. The van der Waals surface area contributed by atoms with Crippen LogP contribution in [0.1, 0.15) is 43.1 Å². The van der Waals surface area contributed by atoms with Gasteiger partial charge in [0.1, 0.15) is 0 Å². The summed E-state index contributed by atoms with van der Waals surface area (Å²) in [7, 11) is 1.43. The normalized spacial score (nSPS) is 18.8. The number of aromatic nitrogens is 2. The van der Waals surface area contributed by atoms with Crippen LogP contribution in [0.2, 0.25) is 0 Å². The molecular weight excluding hydrogens is 376 g/mol. The maximum absolute atomic E-state index is 12.4. The number of urea groups is 1. The lowest BCUT2D eigenvalue weighted by molar-refractivity contribution is -0.123. The van der Waals surface area contributed by atoms with Crippen molar-refractivity contribution in [3.05, 3.63) is 40.3 Å². The van der Waals surface area contributed by atoms with Crippen LogP contribution in [0.3, 0.4) is 0 Å². The van der Waals surface area contributed by atoms with Gasteiger partial charge >= 0.3 is 12.0 Å². The van der Waals surface area contributed by atoms with Crippen LogP contribution >= 0.6 is 0 Å². The Kier molecular flexibility index (Phi) is 6.26. The summed E-state index contributed by atoms with van der Waals surface area (Å²) in [5, 5.41) is 9.57. The molecule has 154 valence electrons. The Hall–Kier alpha value is -3.23. The monoisotopic (exact) mass is 400 g/mol. The summed E-state index contributed by atoms with van der Waals surface area (Å²) in [6.07, 6.45) is 4.10. The van der Waals surface area contributed by atoms with Crippen molar-refractivity contribution in [1.82, 2.24) is 20.4 Å². The first-order valence-electron chi connectivity index (χ1n) is 9.60. The Labute approximate surface area is 167 Å². The number of amides is 3. The molecule has 0 radical (unpaired) electrons. The quantitative estimate of drug-likeness (QED) is 0.751. The second-order valence-corrected chi connectivity index (χ2v) is 7.29. The smallest absolute Gasteiger partial charge is 0.359 e. The highest BCUT2D eigenvalue weighted by Crippen LogP contribution is 2.23. The van der Waals surface area contributed by atoms with Gasteiger partial charge in [-0.25, -0.2) is 14.3 Å². The van der Waals surface area contributed by atoms with E-state index in [-0.39, 0.29) is 17.3 Å². The van der Waals surface area contributed by atoms with Gasteiger partial charge in [0.15, 0.2) is 12.3 Å². The van der Waals surface area contributed by atoms with Crippen molar-refractivity contribution in [2.75, 3.05) is 6.61 Å². The fourth-order valence-electron chi connectivity index (χ4n) is 3.55. The molecule has 0 bridgehead atoms. The third-order valence-corrected chi connectivity index (χ3v) is 5.17. The minimum absolute atomic E-state index is 0.0280. The summed E-state index contributed by atoms with van der Waals surface area (Å²) < 4.78 is 6.04. The predicted octanol–water partition coefficient (Wildman–Crippen LogP) is 1.49. The first-order chi connectivity index (χ1) is 13.9. The molecule has 0 saturated heterocycles. The highest BCUT2D eigenvalue weighted by atomic mass is 16.5. The molecule has 9 nitrogen and oxygen atoms in total. The molecule has 2 atom stereocenters. The third-order valence-electron chi connectivity index (χ3n) is 5.17. The fraction of sp³-hybridized carbons (Fsp3) is 0.450. The molecule has 1 heterocycles. The Morgan fingerprint density at radius 1 is 1.17 bits per heavy atom. The summed E-state index contributed by atoms with van der Waals surface area (Å²) in [6.45, 7) is 1.43. The molecule has 3 amide bonds. The zero-order valence-electron chi connectivity index (χ0n) is 16.4. The van der Waals surface area contributed by atoms with Gasteiger partial charge in [0.25, 0.3) is 11.5 Å². The second kappa shape index (κ2) is 8.85. The molecule has 1 aromatic heterocycles. The lowest BCUT2D eigenvalue weighted by Crippen LogP contribution is -2.48. The van der Waals surface area contributed by atoms with E-state index in [1.807, 2.05) is 0 Å². The predicted molar refractivity (Wildman–Crippen MR) is 105 cm³/mol. The van der Waals surface area contributed by atoms with E-state index in [4.69, 9.17) is 4.74 Å². The fourth-order valence-corrected chi connectivity index (χ4v) is 3.55. The van der Waals surface area contributed by atoms with Crippen LogP contribution in [-0.4, -0.2) is 40.3 Å². The molecule has 29 heavy (non-hydrogen) atoms. The van der Waals surface area contributed by atoms with Crippen LogP contribution in [0.15, 0.2) is 29.1 Å². The van der Waals surface area contributed by atoms with Crippen LogP contribution in [-0.2, 0) is 16.6 Å². The zero-order valence-corrected chi connectivity index (χ0v) is 16.4. The van der Waals surface area contributed by atoms with Gasteiger partial charge in [-0.3, -0.25) is 14.9 Å². The number of carbonyl (C=O) groups excluding carboxylic acids is 3. The minimum Gasteiger partial charge on any atom is -0.451 e. The van der Waals surface area contributed by atoms with Crippen molar-refractivity contribution in [2.45, 2.75) is 38.6 Å². The number of aryl methyl sites for hydroxylation is 1. The number of benzene rings is 1. The summed E-state index contributed by atoms with van der Waals surface area (Å²) >= 11 is 0. The van der Waals surface area contributed by atoms with Crippen molar-refractivity contribution in [1.29, 1.82) is 0 Å². The number of hydrogen-bond donors (Lipinski definition) is 2. The minimum atomic E-state index is -0.853. The van der Waals surface area contributed by atoms with E-state index in [1.54, 1.807) is 24.3 Å². The Morgan fingerprint density at radius 2 is 1.86 bits per heavy atom. The lowest BCUT2D eigenvalue weighted by Gasteiger charge is -2.29. The van der Waals surface area contributed by atoms with E-state index in [2.05, 4.69) is 22.7 Å². The highest BCUT2D eigenvalue weighted by Gasteiger charge is 2.24. The van der Waals surface area contributed by atoms with Crippen molar-refractivity contribution >= 4 is 28.7 Å². The van der Waals surface area contributed by atoms with Gasteiger partial charge in [0, 0.05) is 18.5 Å². The van der Waals surface area contributed by atoms with Crippen molar-refractivity contribution < 1.29 is 19.1 Å². The molecule has 0 unspecified atom stereocenters. The largest absolute Gasteiger partial charge is 0.451 e. The van der Waals surface area contributed by atoms with Crippen LogP contribution < -0.4 is 16.2 Å². The number of nitrogens with one attached hydrogen (secondary N) is 2. The molecule has 0 spiro atoms. The molecule has 1 aromatic carbocycles. The maximum atomic E-state index is 12.4. The van der Waals surface area contributed by atoms with Crippen LogP contribution in [0, 0.1) is 5.92 Å². The van der Waals surface area contributed by atoms with Crippen molar-refractivity contribution in [2.24, 2.45) is 13.0 Å². The van der Waals surface area contributed by atoms with E-state index in [1.165, 1.54) is 7.05 Å². The Balaban J connectivity index is 1.59. The van der Waals surface area contributed by atoms with Gasteiger partial charge in [-0.1, -0.05) is 38.0 Å². The topological polar surface area (TPSA) is 119 Å². The average Bonchev–Trinajstić information content (AvgIpc) is 2.70. The summed E-state index contributed by atoms with van der Waals surface area (Å²) in [6, 6.07) is 5.94. The second-order valence-electron chi connectivity index (χ2n) is 7.29. The third kappa shape index (κ3) is 4.79. The molecule has 2 aromatic rings. The molecular formula is C20H24N4O5. The first-order valence-corrected chi connectivity index (χ1v) is 9.60. The number of esters is 1. The number of ether oxygens (including phenoxy) is 1. The number of imide groups is 1. The zero-order chi connectivity index (χ0) is 21.0. The molecule has 3 rings (SSSR count). The number of fused-ring (bicyclic) bond motifs is 1. The van der Waals surface area contributed by atoms with Crippen LogP contribution in [0.4, 0.5) is 4.79 Å². The lowest BCUT2D eigenvalue weighted by atomic mass is 9.86. The van der Waals surface area contributed by atoms with E-state index in [0.717, 1.165) is 30.4 Å². The van der Waals surface area contributed by atoms with Crippen LogP contribution in [0.25, 0.3) is 10.8 Å². The Morgan fingerprint density at radius 3 is 2.59 bits per heavy atom. The molecule has 0 aliphatic heterocycles. The average molecular weight is 400 g/mol. The van der Waals surface area contributed by atoms with Crippen LogP contribution in [0.5, 0.6) is 0 Å². The van der Waals surface area contributed by atoms with Gasteiger partial charge in [-0.2, -0.15) is 5.10 Å². The molecule has 9 heteroatoms. The number of rotatable bonds is 4. The number of nitrogens with zero attached hydrogens (tertiary/aromatic N) is 2. The summed E-state index contributed by atoms with van der Waals surface area (Å²) in [5.41, 5.74) is -0.417. The van der Waals surface area contributed by atoms with E-state index in [0.29, 0.717) is 16.7 Å². The molecule has 1 saturated carbocycles. The number of carbonyl (C=O) groups is 3. The Bertz CT molecular complexity index is 1000. The summed E-state index contributed by atoms with van der Waals surface area (Å²) in [5.74, 6) is -1.24. The van der Waals surface area contributed by atoms with Gasteiger partial charge in [-0.05, 0) is 24.8 Å². The van der Waals surface area contributed by atoms with E-state index < -0.39 is 24.5 Å². The molecule has 1 fully saturated rings. The highest BCUT2D eigenvalue weighted by molar-refractivity contribution is 6.03. The first kappa shape index (κ1) is 20.5. The SMILES string of the molecule is C[C@@H]1CCCC[C@H]1NC(=O)NC(=O)COC(=O)c1nn(C)c(=O)c2ccccc12. The standard InChI is InChI=1S/C20H24N4O5/c1-12-7-3-6-10-15(12)21-20(28)22-16(25)11-29-19(27)17-13-8-4-5-9-14(13)18(26)24(2)23-17/h4-5,8-9,12,15H,3,6-7,10-11H2,1-2H3,(H2,21,22,25,28)/t12-,15-/m1/s1. The molecule has 1 aliphatic carbocycles. The van der Waals surface area contributed by atoms with Gasteiger partial charge < -0.3 is 10.1 Å². The van der Waals surface area contributed by atoms with E-state index in [9.17, 15) is 19.2 Å².